The first-order chi connectivity index (χ1) is 7.29. The molecule has 1 nitrogen and oxygen atoms in total. The van der Waals surface area contributed by atoms with Gasteiger partial charge in [0.1, 0.15) is 5.82 Å². The van der Waals surface area contributed by atoms with Crippen molar-refractivity contribution in [1.29, 1.82) is 0 Å². The summed E-state index contributed by atoms with van der Waals surface area (Å²) in [6.45, 7) is 4.40. The average Bonchev–Trinajstić information content (AvgIpc) is 2.29. The van der Waals surface area contributed by atoms with E-state index in [-0.39, 0.29) is 5.82 Å². The summed E-state index contributed by atoms with van der Waals surface area (Å²) in [5, 5.41) is 0. The van der Waals surface area contributed by atoms with E-state index in [1.807, 2.05) is 6.07 Å². The van der Waals surface area contributed by atoms with Crippen molar-refractivity contribution in [2.24, 2.45) is 5.92 Å². The van der Waals surface area contributed by atoms with Gasteiger partial charge in [0.2, 0.25) is 0 Å². The molecule has 1 aromatic carbocycles. The average molecular weight is 207 g/mol. The van der Waals surface area contributed by atoms with Crippen LogP contribution in [0.1, 0.15) is 26.2 Å². The van der Waals surface area contributed by atoms with E-state index in [0.29, 0.717) is 0 Å². The third kappa shape index (κ3) is 2.49. The Morgan fingerprint density at radius 2 is 2.07 bits per heavy atom. The smallest absolute Gasteiger partial charge is 0.125 e. The molecule has 0 spiro atoms. The van der Waals surface area contributed by atoms with E-state index in [1.54, 1.807) is 12.1 Å². The molecule has 1 aliphatic rings. The summed E-state index contributed by atoms with van der Waals surface area (Å²) in [5.74, 6) is 0.736. The lowest BCUT2D eigenvalue weighted by molar-refractivity contribution is 0.395. The standard InChI is InChI=1S/C13H18FN/c1-2-11-6-8-15(9-7-11)13-5-3-4-12(14)10-13/h3-5,10-11H,2,6-9H2,1H3. The van der Waals surface area contributed by atoms with Gasteiger partial charge >= 0.3 is 0 Å². The number of piperidine rings is 1. The molecule has 0 atom stereocenters. The molecule has 2 rings (SSSR count). The number of benzene rings is 1. The van der Waals surface area contributed by atoms with Crippen molar-refractivity contribution in [3.63, 3.8) is 0 Å². The van der Waals surface area contributed by atoms with Crippen LogP contribution in [0.5, 0.6) is 0 Å². The van der Waals surface area contributed by atoms with Crippen LogP contribution in [-0.4, -0.2) is 13.1 Å². The van der Waals surface area contributed by atoms with Crippen molar-refractivity contribution < 1.29 is 4.39 Å². The fraction of sp³-hybridized carbons (Fsp3) is 0.538. The molecule has 0 bridgehead atoms. The molecule has 1 aliphatic heterocycles. The van der Waals surface area contributed by atoms with Crippen LogP contribution in [0.25, 0.3) is 0 Å². The van der Waals surface area contributed by atoms with Crippen molar-refractivity contribution in [3.8, 4) is 0 Å². The summed E-state index contributed by atoms with van der Waals surface area (Å²) in [6.07, 6.45) is 3.76. The third-order valence-electron chi connectivity index (χ3n) is 3.37. The van der Waals surface area contributed by atoms with E-state index >= 15 is 0 Å². The summed E-state index contributed by atoms with van der Waals surface area (Å²) in [5.41, 5.74) is 1.03. The van der Waals surface area contributed by atoms with Gasteiger partial charge in [-0.05, 0) is 37.0 Å². The predicted molar refractivity (Wildman–Crippen MR) is 61.6 cm³/mol. The minimum atomic E-state index is -0.134. The Hall–Kier alpha value is -1.05. The van der Waals surface area contributed by atoms with Crippen LogP contribution in [0.4, 0.5) is 10.1 Å². The zero-order chi connectivity index (χ0) is 10.7. The topological polar surface area (TPSA) is 3.24 Å². The molecule has 1 aromatic rings. The van der Waals surface area contributed by atoms with E-state index in [9.17, 15) is 4.39 Å². The minimum Gasteiger partial charge on any atom is -0.371 e. The van der Waals surface area contributed by atoms with Gasteiger partial charge in [-0.1, -0.05) is 19.4 Å². The van der Waals surface area contributed by atoms with Gasteiger partial charge < -0.3 is 4.90 Å². The Balaban J connectivity index is 2.01. The third-order valence-corrected chi connectivity index (χ3v) is 3.37. The number of anilines is 1. The number of nitrogens with zero attached hydrogens (tertiary/aromatic N) is 1. The summed E-state index contributed by atoms with van der Waals surface area (Å²) in [7, 11) is 0. The van der Waals surface area contributed by atoms with Gasteiger partial charge in [0, 0.05) is 18.8 Å². The van der Waals surface area contributed by atoms with Crippen molar-refractivity contribution in [3.05, 3.63) is 30.1 Å². The second-order valence-electron chi connectivity index (χ2n) is 4.32. The van der Waals surface area contributed by atoms with Gasteiger partial charge in [-0.2, -0.15) is 0 Å². The van der Waals surface area contributed by atoms with Gasteiger partial charge in [0.15, 0.2) is 0 Å². The normalized spacial score (nSPS) is 18.1. The maximum Gasteiger partial charge on any atom is 0.125 e. The molecule has 1 saturated heterocycles. The van der Waals surface area contributed by atoms with Gasteiger partial charge in [0.25, 0.3) is 0 Å². The molecule has 0 amide bonds. The monoisotopic (exact) mass is 207 g/mol. The summed E-state index contributed by atoms with van der Waals surface area (Å²) in [6, 6.07) is 6.92. The van der Waals surface area contributed by atoms with E-state index in [1.165, 1.54) is 25.3 Å². The highest BCUT2D eigenvalue weighted by Crippen LogP contribution is 2.25. The van der Waals surface area contributed by atoms with Crippen LogP contribution in [0.3, 0.4) is 0 Å². The number of rotatable bonds is 2. The van der Waals surface area contributed by atoms with Crippen LogP contribution in [0.2, 0.25) is 0 Å². The molecule has 2 heteroatoms. The van der Waals surface area contributed by atoms with Crippen LogP contribution in [0.15, 0.2) is 24.3 Å². The predicted octanol–water partition coefficient (Wildman–Crippen LogP) is 3.45. The fourth-order valence-electron chi connectivity index (χ4n) is 2.27. The number of halogens is 1. The van der Waals surface area contributed by atoms with Crippen LogP contribution in [-0.2, 0) is 0 Å². The van der Waals surface area contributed by atoms with Gasteiger partial charge in [-0.15, -0.1) is 0 Å². The lowest BCUT2D eigenvalue weighted by Gasteiger charge is -2.33. The summed E-state index contributed by atoms with van der Waals surface area (Å²) in [4.78, 5) is 2.29. The molecular formula is C13H18FN. The second kappa shape index (κ2) is 4.65. The van der Waals surface area contributed by atoms with E-state index < -0.39 is 0 Å². The molecule has 1 fully saturated rings. The van der Waals surface area contributed by atoms with Crippen molar-refractivity contribution >= 4 is 5.69 Å². The zero-order valence-electron chi connectivity index (χ0n) is 9.25. The molecule has 0 unspecified atom stereocenters. The van der Waals surface area contributed by atoms with Crippen molar-refractivity contribution in [1.82, 2.24) is 0 Å². The molecule has 15 heavy (non-hydrogen) atoms. The largest absolute Gasteiger partial charge is 0.371 e. The SMILES string of the molecule is CCC1CCN(c2cccc(F)c2)CC1. The van der Waals surface area contributed by atoms with Crippen LogP contribution >= 0.6 is 0 Å². The second-order valence-corrected chi connectivity index (χ2v) is 4.32. The first-order valence-corrected chi connectivity index (χ1v) is 5.80. The van der Waals surface area contributed by atoms with E-state index in [4.69, 9.17) is 0 Å². The maximum atomic E-state index is 13.0. The highest BCUT2D eigenvalue weighted by atomic mass is 19.1. The summed E-state index contributed by atoms with van der Waals surface area (Å²) < 4.78 is 13.0. The molecular weight excluding hydrogens is 189 g/mol. The Labute approximate surface area is 90.9 Å². The Morgan fingerprint density at radius 1 is 1.33 bits per heavy atom. The lowest BCUT2D eigenvalue weighted by Crippen LogP contribution is -2.33. The van der Waals surface area contributed by atoms with E-state index in [2.05, 4.69) is 11.8 Å². The van der Waals surface area contributed by atoms with Crippen LogP contribution in [0, 0.1) is 11.7 Å². The summed E-state index contributed by atoms with van der Waals surface area (Å²) >= 11 is 0. The zero-order valence-corrected chi connectivity index (χ0v) is 9.25. The molecule has 0 saturated carbocycles. The molecule has 1 heterocycles. The quantitative estimate of drug-likeness (QED) is 0.718. The molecule has 0 aliphatic carbocycles. The fourth-order valence-corrected chi connectivity index (χ4v) is 2.27. The Bertz CT molecular complexity index is 316. The Morgan fingerprint density at radius 3 is 2.67 bits per heavy atom. The van der Waals surface area contributed by atoms with Crippen molar-refractivity contribution in [2.45, 2.75) is 26.2 Å². The number of hydrogen-bond acceptors (Lipinski definition) is 1. The van der Waals surface area contributed by atoms with Gasteiger partial charge in [-0.3, -0.25) is 0 Å². The van der Waals surface area contributed by atoms with E-state index in [0.717, 1.165) is 24.7 Å². The lowest BCUT2D eigenvalue weighted by atomic mass is 9.94. The van der Waals surface area contributed by atoms with Crippen molar-refractivity contribution in [2.75, 3.05) is 18.0 Å². The molecule has 0 aromatic heterocycles. The van der Waals surface area contributed by atoms with Gasteiger partial charge in [0.05, 0.1) is 0 Å². The van der Waals surface area contributed by atoms with Crippen LogP contribution < -0.4 is 4.90 Å². The Kier molecular flexibility index (Phi) is 3.24. The molecule has 0 radical (unpaired) electrons. The first-order valence-electron chi connectivity index (χ1n) is 5.80. The highest BCUT2D eigenvalue weighted by molar-refractivity contribution is 5.46. The van der Waals surface area contributed by atoms with Gasteiger partial charge in [-0.25, -0.2) is 4.39 Å². The maximum absolute atomic E-state index is 13.0. The molecule has 0 N–H and O–H groups in total. The highest BCUT2D eigenvalue weighted by Gasteiger charge is 2.17. The first kappa shape index (κ1) is 10.5. The minimum absolute atomic E-state index is 0.134. The number of hydrogen-bond donors (Lipinski definition) is 0. The molecule has 82 valence electrons.